The molecule has 0 aromatic heterocycles. The van der Waals surface area contributed by atoms with Crippen molar-refractivity contribution in [1.29, 1.82) is 0 Å². The van der Waals surface area contributed by atoms with Crippen LogP contribution in [0.1, 0.15) is 44.1 Å². The second-order valence-corrected chi connectivity index (χ2v) is 7.31. The smallest absolute Gasteiger partial charge is 0.123 e. The Morgan fingerprint density at radius 1 is 1.05 bits per heavy atom. The number of hydrogen-bond acceptors (Lipinski definition) is 2. The molecule has 3 heteroatoms. The number of halogens is 1. The van der Waals surface area contributed by atoms with Crippen LogP contribution in [0.4, 0.5) is 4.39 Å². The number of hydrogen-bond donors (Lipinski definition) is 1. The molecule has 0 unspecified atom stereocenters. The summed E-state index contributed by atoms with van der Waals surface area (Å²) in [5.74, 6) is 1.26. The minimum absolute atomic E-state index is 0.139. The zero-order valence-electron chi connectivity index (χ0n) is 13.5. The van der Waals surface area contributed by atoms with Crippen LogP contribution in [0.25, 0.3) is 0 Å². The number of likely N-dealkylation sites (tertiary alicyclic amines) is 1. The van der Waals surface area contributed by atoms with Gasteiger partial charge in [0, 0.05) is 19.1 Å². The third-order valence-corrected chi connectivity index (χ3v) is 5.50. The molecule has 22 heavy (non-hydrogen) atoms. The Hall–Kier alpha value is -0.930. The topological polar surface area (TPSA) is 29.3 Å². The lowest BCUT2D eigenvalue weighted by Gasteiger charge is -2.38. The van der Waals surface area contributed by atoms with Crippen LogP contribution >= 0.6 is 0 Å². The van der Waals surface area contributed by atoms with E-state index in [4.69, 9.17) is 5.73 Å². The molecule has 0 amide bonds. The molecular formula is C19H29FN2. The van der Waals surface area contributed by atoms with Crippen LogP contribution in [0.3, 0.4) is 0 Å². The lowest BCUT2D eigenvalue weighted by Crippen LogP contribution is -2.45. The Morgan fingerprint density at radius 3 is 2.59 bits per heavy atom. The highest BCUT2D eigenvalue weighted by molar-refractivity contribution is 5.16. The maximum absolute atomic E-state index is 13.0. The van der Waals surface area contributed by atoms with Gasteiger partial charge >= 0.3 is 0 Å². The van der Waals surface area contributed by atoms with Gasteiger partial charge in [-0.3, -0.25) is 0 Å². The lowest BCUT2D eigenvalue weighted by atomic mass is 9.83. The van der Waals surface area contributed by atoms with E-state index in [2.05, 4.69) is 4.90 Å². The molecule has 3 atom stereocenters. The highest BCUT2D eigenvalue weighted by Gasteiger charge is 2.27. The first-order valence-electron chi connectivity index (χ1n) is 8.93. The van der Waals surface area contributed by atoms with Crippen LogP contribution in [0.15, 0.2) is 24.3 Å². The Balaban J connectivity index is 1.51. The summed E-state index contributed by atoms with van der Waals surface area (Å²) < 4.78 is 13.0. The third-order valence-electron chi connectivity index (χ3n) is 5.50. The largest absolute Gasteiger partial charge is 0.327 e. The predicted molar refractivity (Wildman–Crippen MR) is 89.2 cm³/mol. The molecule has 0 bridgehead atoms. The van der Waals surface area contributed by atoms with E-state index < -0.39 is 0 Å². The van der Waals surface area contributed by atoms with Crippen molar-refractivity contribution in [2.45, 2.75) is 51.0 Å². The molecule has 0 spiro atoms. The monoisotopic (exact) mass is 304 g/mol. The first-order chi connectivity index (χ1) is 10.7. The molecule has 1 aliphatic heterocycles. The molecule has 1 aromatic carbocycles. The van der Waals surface area contributed by atoms with E-state index in [9.17, 15) is 4.39 Å². The van der Waals surface area contributed by atoms with Gasteiger partial charge < -0.3 is 10.6 Å². The molecule has 1 heterocycles. The SMILES string of the molecule is N[C@@H]1CCCC[C@H]1CN1CCC[C@@H](Cc2ccc(F)cc2)C1. The van der Waals surface area contributed by atoms with E-state index in [1.165, 1.54) is 63.7 Å². The van der Waals surface area contributed by atoms with Crippen LogP contribution in [0.2, 0.25) is 0 Å². The minimum atomic E-state index is -0.139. The van der Waals surface area contributed by atoms with Gasteiger partial charge in [0.05, 0.1) is 0 Å². The number of nitrogens with zero attached hydrogens (tertiary/aromatic N) is 1. The van der Waals surface area contributed by atoms with Gasteiger partial charge in [-0.1, -0.05) is 25.0 Å². The van der Waals surface area contributed by atoms with Gasteiger partial charge in [0.1, 0.15) is 5.82 Å². The van der Waals surface area contributed by atoms with Gasteiger partial charge in [-0.25, -0.2) is 4.39 Å². The van der Waals surface area contributed by atoms with E-state index in [1.807, 2.05) is 12.1 Å². The second-order valence-electron chi connectivity index (χ2n) is 7.31. The summed E-state index contributed by atoms with van der Waals surface area (Å²) in [5, 5.41) is 0. The number of nitrogens with two attached hydrogens (primary N) is 1. The molecule has 122 valence electrons. The lowest BCUT2D eigenvalue weighted by molar-refractivity contribution is 0.129. The normalized spacial score (nSPS) is 30.4. The van der Waals surface area contributed by atoms with Crippen LogP contribution in [-0.2, 0) is 6.42 Å². The zero-order chi connectivity index (χ0) is 15.4. The van der Waals surface area contributed by atoms with Gasteiger partial charge in [-0.15, -0.1) is 0 Å². The molecule has 2 N–H and O–H groups in total. The molecule has 1 saturated heterocycles. The number of rotatable bonds is 4. The van der Waals surface area contributed by atoms with Crippen molar-refractivity contribution in [2.75, 3.05) is 19.6 Å². The molecule has 1 saturated carbocycles. The van der Waals surface area contributed by atoms with E-state index in [0.717, 1.165) is 6.42 Å². The fourth-order valence-corrected chi connectivity index (χ4v) is 4.23. The summed E-state index contributed by atoms with van der Waals surface area (Å²) in [4.78, 5) is 2.63. The van der Waals surface area contributed by atoms with Crippen molar-refractivity contribution in [1.82, 2.24) is 4.90 Å². The van der Waals surface area contributed by atoms with Gasteiger partial charge in [0.2, 0.25) is 0 Å². The fraction of sp³-hybridized carbons (Fsp3) is 0.684. The summed E-state index contributed by atoms with van der Waals surface area (Å²) in [7, 11) is 0. The summed E-state index contributed by atoms with van der Waals surface area (Å²) in [6.07, 6.45) is 8.83. The van der Waals surface area contributed by atoms with Gasteiger partial charge in [0.25, 0.3) is 0 Å². The Bertz CT molecular complexity index is 459. The average Bonchev–Trinajstić information content (AvgIpc) is 2.52. The van der Waals surface area contributed by atoms with Crippen LogP contribution < -0.4 is 5.73 Å². The highest BCUT2D eigenvalue weighted by atomic mass is 19.1. The molecule has 3 rings (SSSR count). The van der Waals surface area contributed by atoms with Gasteiger partial charge in [-0.2, -0.15) is 0 Å². The van der Waals surface area contributed by atoms with Crippen molar-refractivity contribution in [3.8, 4) is 0 Å². The molecule has 0 radical (unpaired) electrons. The van der Waals surface area contributed by atoms with Crippen LogP contribution in [-0.4, -0.2) is 30.6 Å². The first kappa shape index (κ1) is 15.9. The second kappa shape index (κ2) is 7.56. The van der Waals surface area contributed by atoms with E-state index in [1.54, 1.807) is 12.1 Å². The quantitative estimate of drug-likeness (QED) is 0.921. The molecule has 2 aliphatic rings. The van der Waals surface area contributed by atoms with Gasteiger partial charge in [-0.05, 0) is 68.2 Å². The van der Waals surface area contributed by atoms with Crippen molar-refractivity contribution >= 4 is 0 Å². The molecule has 2 fully saturated rings. The molecular weight excluding hydrogens is 275 g/mol. The molecule has 1 aliphatic carbocycles. The Labute approximate surface area is 133 Å². The van der Waals surface area contributed by atoms with E-state index in [-0.39, 0.29) is 5.82 Å². The zero-order valence-corrected chi connectivity index (χ0v) is 13.5. The predicted octanol–water partition coefficient (Wildman–Crippen LogP) is 3.60. The van der Waals surface area contributed by atoms with Crippen LogP contribution in [0.5, 0.6) is 0 Å². The summed E-state index contributed by atoms with van der Waals surface area (Å²) in [5.41, 5.74) is 7.57. The maximum atomic E-state index is 13.0. The van der Waals surface area contributed by atoms with Gasteiger partial charge in [0.15, 0.2) is 0 Å². The fourth-order valence-electron chi connectivity index (χ4n) is 4.23. The summed E-state index contributed by atoms with van der Waals surface area (Å²) in [6.45, 7) is 3.59. The van der Waals surface area contributed by atoms with E-state index in [0.29, 0.717) is 17.9 Å². The van der Waals surface area contributed by atoms with Crippen molar-refractivity contribution in [3.05, 3.63) is 35.6 Å². The Kier molecular flexibility index (Phi) is 5.48. The minimum Gasteiger partial charge on any atom is -0.327 e. The van der Waals surface area contributed by atoms with Crippen molar-refractivity contribution in [3.63, 3.8) is 0 Å². The number of piperidine rings is 1. The summed E-state index contributed by atoms with van der Waals surface area (Å²) >= 11 is 0. The maximum Gasteiger partial charge on any atom is 0.123 e. The molecule has 1 aromatic rings. The highest BCUT2D eigenvalue weighted by Crippen LogP contribution is 2.27. The van der Waals surface area contributed by atoms with E-state index >= 15 is 0 Å². The first-order valence-corrected chi connectivity index (χ1v) is 8.93. The molecule has 2 nitrogen and oxygen atoms in total. The van der Waals surface area contributed by atoms with Crippen molar-refractivity contribution < 1.29 is 4.39 Å². The Morgan fingerprint density at radius 2 is 1.82 bits per heavy atom. The standard InChI is InChI=1S/C19H29FN2/c20-18-9-7-15(8-10-18)12-16-4-3-11-22(13-16)14-17-5-1-2-6-19(17)21/h7-10,16-17,19H,1-6,11-14,21H2/t16-,17-,19+/m0/s1. The van der Waals surface area contributed by atoms with Crippen LogP contribution in [0, 0.1) is 17.7 Å². The number of benzene rings is 1. The average molecular weight is 304 g/mol. The third kappa shape index (κ3) is 4.30. The van der Waals surface area contributed by atoms with Crippen molar-refractivity contribution in [2.24, 2.45) is 17.6 Å². The summed E-state index contributed by atoms with van der Waals surface area (Å²) in [6, 6.07) is 7.44.